The quantitative estimate of drug-likeness (QED) is 0.315. The predicted octanol–water partition coefficient (Wildman–Crippen LogP) is 4.74. The van der Waals surface area contributed by atoms with Crippen LogP contribution in [0.5, 0.6) is 0 Å². The third kappa shape index (κ3) is 5.75. The molecule has 0 unspecified atom stereocenters. The van der Waals surface area contributed by atoms with Crippen molar-refractivity contribution in [1.29, 1.82) is 0 Å². The van der Waals surface area contributed by atoms with Gasteiger partial charge >= 0.3 is 0 Å². The van der Waals surface area contributed by atoms with E-state index in [4.69, 9.17) is 5.11 Å². The SMILES string of the molecule is CC(=O)C=C(C)O.[Pt].[c-]1ccccc1-c1cccc2cccnc12. The number of benzene rings is 2. The maximum Gasteiger partial charge on any atom is 0.155 e. The van der Waals surface area contributed by atoms with Crippen molar-refractivity contribution in [2.75, 3.05) is 0 Å². The van der Waals surface area contributed by atoms with Crippen LogP contribution in [0.1, 0.15) is 13.8 Å². The van der Waals surface area contributed by atoms with E-state index in [1.165, 1.54) is 19.9 Å². The number of nitrogens with zero attached hydrogens (tertiary/aromatic N) is 1. The van der Waals surface area contributed by atoms with E-state index in [0.29, 0.717) is 0 Å². The second kappa shape index (κ2) is 9.79. The van der Waals surface area contributed by atoms with Gasteiger partial charge in [-0.25, -0.2) is 0 Å². The smallest absolute Gasteiger partial charge is 0.155 e. The van der Waals surface area contributed by atoms with E-state index in [1.807, 2.05) is 30.5 Å². The van der Waals surface area contributed by atoms with Crippen molar-refractivity contribution in [3.05, 3.63) is 78.7 Å². The Balaban J connectivity index is 0.000000312. The van der Waals surface area contributed by atoms with Gasteiger partial charge in [-0.05, 0) is 25.3 Å². The normalized spacial score (nSPS) is 10.3. The summed E-state index contributed by atoms with van der Waals surface area (Å²) in [5.74, 6) is -0.0625. The van der Waals surface area contributed by atoms with Gasteiger partial charge < -0.3 is 5.11 Å². The number of allylic oxidation sites excluding steroid dienone is 2. The summed E-state index contributed by atoms with van der Waals surface area (Å²) >= 11 is 0. The Morgan fingerprint density at radius 1 is 1.08 bits per heavy atom. The van der Waals surface area contributed by atoms with Crippen molar-refractivity contribution in [2.24, 2.45) is 0 Å². The molecule has 1 aromatic heterocycles. The van der Waals surface area contributed by atoms with Gasteiger partial charge in [-0.1, -0.05) is 29.8 Å². The van der Waals surface area contributed by atoms with E-state index in [9.17, 15) is 4.79 Å². The number of aromatic nitrogens is 1. The molecular formula is C20H18NO2Pt-. The van der Waals surface area contributed by atoms with Crippen molar-refractivity contribution in [3.8, 4) is 11.1 Å². The molecule has 1 N–H and O–H groups in total. The summed E-state index contributed by atoms with van der Waals surface area (Å²) < 4.78 is 0. The number of carbonyl (C=O) groups excluding carboxylic acids is 1. The molecule has 0 radical (unpaired) electrons. The molecule has 126 valence electrons. The Kier molecular flexibility index (Phi) is 8.08. The summed E-state index contributed by atoms with van der Waals surface area (Å²) in [6.07, 6.45) is 2.99. The zero-order chi connectivity index (χ0) is 16.7. The van der Waals surface area contributed by atoms with Crippen LogP contribution in [-0.4, -0.2) is 15.9 Å². The number of hydrogen-bond acceptors (Lipinski definition) is 3. The molecule has 0 amide bonds. The number of carbonyl (C=O) groups is 1. The first kappa shape index (κ1) is 19.8. The van der Waals surface area contributed by atoms with Gasteiger partial charge in [-0.2, -0.15) is 0 Å². The molecule has 3 rings (SSSR count). The minimum absolute atomic E-state index is 0. The molecule has 3 aromatic rings. The number of pyridine rings is 1. The van der Waals surface area contributed by atoms with Crippen molar-refractivity contribution in [2.45, 2.75) is 13.8 Å². The molecule has 3 nitrogen and oxygen atoms in total. The Hall–Kier alpha value is -2.25. The molecule has 0 atom stereocenters. The average Bonchev–Trinajstić information content (AvgIpc) is 2.54. The van der Waals surface area contributed by atoms with Gasteiger partial charge in [-0.3, -0.25) is 9.78 Å². The van der Waals surface area contributed by atoms with Crippen LogP contribution in [0.15, 0.2) is 72.6 Å². The zero-order valence-electron chi connectivity index (χ0n) is 13.5. The molecule has 0 saturated carbocycles. The molecule has 2 aromatic carbocycles. The first-order chi connectivity index (χ1) is 11.1. The van der Waals surface area contributed by atoms with Crippen LogP contribution < -0.4 is 0 Å². The topological polar surface area (TPSA) is 50.2 Å². The fourth-order valence-corrected chi connectivity index (χ4v) is 2.18. The van der Waals surface area contributed by atoms with E-state index in [-0.39, 0.29) is 32.6 Å². The molecule has 0 fully saturated rings. The van der Waals surface area contributed by atoms with Crippen LogP contribution in [-0.2, 0) is 25.9 Å². The summed E-state index contributed by atoms with van der Waals surface area (Å²) in [6, 6.07) is 21.5. The largest absolute Gasteiger partial charge is 0.512 e. The van der Waals surface area contributed by atoms with Crippen LogP contribution >= 0.6 is 0 Å². The summed E-state index contributed by atoms with van der Waals surface area (Å²) in [6.45, 7) is 2.85. The van der Waals surface area contributed by atoms with E-state index in [0.717, 1.165) is 22.0 Å². The molecule has 0 saturated heterocycles. The van der Waals surface area contributed by atoms with Crippen LogP contribution in [0.25, 0.3) is 22.0 Å². The van der Waals surface area contributed by atoms with Gasteiger partial charge in [0.15, 0.2) is 5.78 Å². The van der Waals surface area contributed by atoms with Crippen LogP contribution in [0.4, 0.5) is 0 Å². The third-order valence-corrected chi connectivity index (χ3v) is 3.04. The Labute approximate surface area is 156 Å². The van der Waals surface area contributed by atoms with Crippen LogP contribution in [0.3, 0.4) is 0 Å². The number of aliphatic hydroxyl groups excluding tert-OH is 1. The van der Waals surface area contributed by atoms with Crippen LogP contribution in [0.2, 0.25) is 0 Å². The number of aliphatic hydroxyl groups is 1. The summed E-state index contributed by atoms with van der Waals surface area (Å²) in [5, 5.41) is 9.53. The molecular weight excluding hydrogens is 481 g/mol. The van der Waals surface area contributed by atoms with Gasteiger partial charge in [0.25, 0.3) is 0 Å². The summed E-state index contributed by atoms with van der Waals surface area (Å²) in [5.41, 5.74) is 3.26. The third-order valence-electron chi connectivity index (χ3n) is 3.04. The van der Waals surface area contributed by atoms with Crippen molar-refractivity contribution >= 4 is 16.7 Å². The fourth-order valence-electron chi connectivity index (χ4n) is 2.18. The Morgan fingerprint density at radius 3 is 2.42 bits per heavy atom. The van der Waals surface area contributed by atoms with Gasteiger partial charge in [0.2, 0.25) is 0 Å². The van der Waals surface area contributed by atoms with E-state index < -0.39 is 0 Å². The van der Waals surface area contributed by atoms with Gasteiger partial charge in [-0.15, -0.1) is 35.9 Å². The van der Waals surface area contributed by atoms with Gasteiger partial charge in [0.1, 0.15) is 0 Å². The summed E-state index contributed by atoms with van der Waals surface area (Å²) in [4.78, 5) is 14.5. The monoisotopic (exact) mass is 499 g/mol. The Morgan fingerprint density at radius 2 is 1.83 bits per heavy atom. The van der Waals surface area contributed by atoms with E-state index >= 15 is 0 Å². The van der Waals surface area contributed by atoms with Crippen molar-refractivity contribution in [1.82, 2.24) is 4.98 Å². The Bertz CT molecular complexity index is 820. The van der Waals surface area contributed by atoms with E-state index in [2.05, 4.69) is 41.4 Å². The molecule has 0 aliphatic heterocycles. The first-order valence-electron chi connectivity index (χ1n) is 7.26. The molecule has 24 heavy (non-hydrogen) atoms. The fraction of sp³-hybridized carbons (Fsp3) is 0.100. The zero-order valence-corrected chi connectivity index (χ0v) is 15.7. The molecule has 0 spiro atoms. The minimum atomic E-state index is -0.125. The first-order valence-corrected chi connectivity index (χ1v) is 7.26. The summed E-state index contributed by atoms with van der Waals surface area (Å²) in [7, 11) is 0. The number of para-hydroxylation sites is 1. The second-order valence-corrected chi connectivity index (χ2v) is 5.05. The van der Waals surface area contributed by atoms with Crippen molar-refractivity contribution in [3.63, 3.8) is 0 Å². The number of fused-ring (bicyclic) bond motifs is 1. The number of ketones is 1. The number of hydrogen-bond donors (Lipinski definition) is 1. The maximum atomic E-state index is 10.0. The molecule has 0 aliphatic carbocycles. The van der Waals surface area contributed by atoms with Gasteiger partial charge in [0, 0.05) is 38.9 Å². The molecule has 0 aliphatic rings. The van der Waals surface area contributed by atoms with E-state index in [1.54, 1.807) is 0 Å². The maximum absolute atomic E-state index is 10.0. The standard InChI is InChI=1S/C15H10N.C5H8O2.Pt/c1-2-6-12(7-3-1)14-10-4-8-13-9-5-11-16-15(13)14;1-4(6)3-5(2)7;/h1-6,8-11H;3,6H,1-2H3;/q-1;;. The average molecular weight is 499 g/mol. The molecule has 1 heterocycles. The molecule has 0 bridgehead atoms. The predicted molar refractivity (Wildman–Crippen MR) is 93.1 cm³/mol. The minimum Gasteiger partial charge on any atom is -0.512 e. The van der Waals surface area contributed by atoms with Crippen molar-refractivity contribution < 1.29 is 31.0 Å². The second-order valence-electron chi connectivity index (χ2n) is 5.05. The van der Waals surface area contributed by atoms with Gasteiger partial charge in [0.05, 0.1) is 5.76 Å². The molecule has 4 heteroatoms. The number of rotatable bonds is 2. The van der Waals surface area contributed by atoms with Crippen LogP contribution in [0, 0.1) is 6.07 Å².